The fourth-order valence-electron chi connectivity index (χ4n) is 2.55. The first-order valence-corrected chi connectivity index (χ1v) is 9.41. The molecule has 2 rings (SSSR count). The summed E-state index contributed by atoms with van der Waals surface area (Å²) in [5.41, 5.74) is 2.29. The number of hydrogen-bond donors (Lipinski definition) is 2. The fourth-order valence-corrected chi connectivity index (χ4v) is 2.55. The van der Waals surface area contributed by atoms with Crippen molar-refractivity contribution in [2.24, 2.45) is 4.99 Å². The average Bonchev–Trinajstić information content (AvgIpc) is 2.71. The van der Waals surface area contributed by atoms with E-state index in [-0.39, 0.29) is 30.1 Å². The molecule has 154 valence electrons. The zero-order chi connectivity index (χ0) is 19.3. The quantitative estimate of drug-likeness (QED) is 0.225. The molecule has 0 saturated heterocycles. The van der Waals surface area contributed by atoms with E-state index in [2.05, 4.69) is 39.7 Å². The van der Waals surface area contributed by atoms with Gasteiger partial charge in [-0.05, 0) is 37.5 Å². The SMILES string of the molecule is CCOc1cc(CNC(=NC)NCCCOC(C)c2ccccc2)ccn1.I. The van der Waals surface area contributed by atoms with Gasteiger partial charge in [0.25, 0.3) is 0 Å². The van der Waals surface area contributed by atoms with Crippen molar-refractivity contribution >= 4 is 29.9 Å². The molecule has 6 nitrogen and oxygen atoms in total. The van der Waals surface area contributed by atoms with Crippen LogP contribution in [0.3, 0.4) is 0 Å². The molecule has 1 aromatic heterocycles. The molecule has 1 atom stereocenters. The molecule has 0 bridgehead atoms. The lowest BCUT2D eigenvalue weighted by atomic mass is 10.1. The molecular weight excluding hydrogens is 467 g/mol. The summed E-state index contributed by atoms with van der Waals surface area (Å²) in [4.78, 5) is 8.42. The third-order valence-electron chi connectivity index (χ3n) is 4.03. The van der Waals surface area contributed by atoms with Crippen LogP contribution in [0.1, 0.15) is 37.5 Å². The molecule has 7 heteroatoms. The second-order valence-electron chi connectivity index (χ2n) is 6.07. The summed E-state index contributed by atoms with van der Waals surface area (Å²) in [5.74, 6) is 1.41. The van der Waals surface area contributed by atoms with Gasteiger partial charge < -0.3 is 20.1 Å². The smallest absolute Gasteiger partial charge is 0.213 e. The van der Waals surface area contributed by atoms with Crippen molar-refractivity contribution in [1.82, 2.24) is 15.6 Å². The van der Waals surface area contributed by atoms with Gasteiger partial charge in [-0.15, -0.1) is 24.0 Å². The van der Waals surface area contributed by atoms with Gasteiger partial charge in [-0.2, -0.15) is 0 Å². The summed E-state index contributed by atoms with van der Waals surface area (Å²) >= 11 is 0. The number of aromatic nitrogens is 1. The lowest BCUT2D eigenvalue weighted by Crippen LogP contribution is -2.37. The molecule has 0 spiro atoms. The van der Waals surface area contributed by atoms with Gasteiger partial charge in [0.1, 0.15) is 0 Å². The van der Waals surface area contributed by atoms with Crippen LogP contribution < -0.4 is 15.4 Å². The maximum atomic E-state index is 5.89. The number of aliphatic imine (C=N–C) groups is 1. The van der Waals surface area contributed by atoms with Crippen molar-refractivity contribution in [3.8, 4) is 5.88 Å². The number of nitrogens with one attached hydrogen (secondary N) is 2. The number of rotatable bonds is 10. The molecule has 0 saturated carbocycles. The molecule has 28 heavy (non-hydrogen) atoms. The summed E-state index contributed by atoms with van der Waals surface area (Å²) in [7, 11) is 1.77. The lowest BCUT2D eigenvalue weighted by molar-refractivity contribution is 0.0646. The lowest BCUT2D eigenvalue weighted by Gasteiger charge is -2.15. The topological polar surface area (TPSA) is 67.8 Å². The Hall–Kier alpha value is -1.87. The van der Waals surface area contributed by atoms with Crippen LogP contribution in [0.4, 0.5) is 0 Å². The summed E-state index contributed by atoms with van der Waals surface area (Å²) in [6.07, 6.45) is 2.76. The van der Waals surface area contributed by atoms with Gasteiger partial charge in [0.05, 0.1) is 12.7 Å². The summed E-state index contributed by atoms with van der Waals surface area (Å²) in [6.45, 7) is 6.78. The molecular formula is C21H31IN4O2. The Kier molecular flexibility index (Phi) is 12.2. The average molecular weight is 498 g/mol. The first kappa shape index (κ1) is 24.2. The predicted molar refractivity (Wildman–Crippen MR) is 124 cm³/mol. The molecule has 1 heterocycles. The van der Waals surface area contributed by atoms with E-state index >= 15 is 0 Å². The molecule has 1 unspecified atom stereocenters. The number of halogens is 1. The van der Waals surface area contributed by atoms with Gasteiger partial charge in [0.2, 0.25) is 5.88 Å². The minimum absolute atomic E-state index is 0. The molecule has 0 amide bonds. The largest absolute Gasteiger partial charge is 0.478 e. The van der Waals surface area contributed by atoms with E-state index < -0.39 is 0 Å². The van der Waals surface area contributed by atoms with Gasteiger partial charge in [-0.3, -0.25) is 4.99 Å². The first-order chi connectivity index (χ1) is 13.2. The Balaban J connectivity index is 0.00000392. The number of guanidine groups is 1. The van der Waals surface area contributed by atoms with Crippen LogP contribution in [0.5, 0.6) is 5.88 Å². The highest BCUT2D eigenvalue weighted by atomic mass is 127. The maximum Gasteiger partial charge on any atom is 0.213 e. The van der Waals surface area contributed by atoms with Crippen molar-refractivity contribution in [1.29, 1.82) is 0 Å². The Morgan fingerprint density at radius 2 is 1.96 bits per heavy atom. The van der Waals surface area contributed by atoms with Gasteiger partial charge >= 0.3 is 0 Å². The van der Waals surface area contributed by atoms with E-state index in [9.17, 15) is 0 Å². The van der Waals surface area contributed by atoms with Gasteiger partial charge in [0.15, 0.2) is 5.96 Å². The Labute approximate surface area is 185 Å². The highest BCUT2D eigenvalue weighted by Gasteiger charge is 2.05. The standard InChI is InChI=1S/C21H30N4O2.HI/c1-4-26-20-15-18(11-13-23-20)16-25-21(22-3)24-12-8-14-27-17(2)19-9-6-5-7-10-19;/h5-7,9-11,13,15,17H,4,8,12,14,16H2,1-3H3,(H2,22,24,25);1H. The molecule has 0 aliphatic rings. The summed E-state index contributed by atoms with van der Waals surface area (Å²) < 4.78 is 11.3. The van der Waals surface area contributed by atoms with Crippen molar-refractivity contribution in [3.05, 3.63) is 59.8 Å². The minimum atomic E-state index is 0. The van der Waals surface area contributed by atoms with Crippen molar-refractivity contribution in [2.75, 3.05) is 26.8 Å². The van der Waals surface area contributed by atoms with E-state index in [1.54, 1.807) is 13.2 Å². The van der Waals surface area contributed by atoms with Crippen molar-refractivity contribution in [2.45, 2.75) is 32.9 Å². The second kappa shape index (κ2) is 14.2. The Morgan fingerprint density at radius 1 is 1.18 bits per heavy atom. The Bertz CT molecular complexity index is 698. The monoisotopic (exact) mass is 498 g/mol. The highest BCUT2D eigenvalue weighted by Crippen LogP contribution is 2.15. The van der Waals surface area contributed by atoms with E-state index in [0.717, 1.165) is 24.5 Å². The van der Waals surface area contributed by atoms with E-state index in [1.807, 2.05) is 37.3 Å². The van der Waals surface area contributed by atoms with Crippen LogP contribution in [0.15, 0.2) is 53.7 Å². The number of pyridine rings is 1. The van der Waals surface area contributed by atoms with Crippen LogP contribution in [-0.2, 0) is 11.3 Å². The number of ether oxygens (including phenoxy) is 2. The van der Waals surface area contributed by atoms with E-state index in [0.29, 0.717) is 25.6 Å². The van der Waals surface area contributed by atoms with Crippen LogP contribution in [-0.4, -0.2) is 37.7 Å². The predicted octanol–water partition coefficient (Wildman–Crippen LogP) is 3.93. The molecule has 1 aromatic carbocycles. The Morgan fingerprint density at radius 3 is 2.68 bits per heavy atom. The van der Waals surface area contributed by atoms with Crippen LogP contribution in [0, 0.1) is 0 Å². The normalized spacial score (nSPS) is 12.0. The third-order valence-corrected chi connectivity index (χ3v) is 4.03. The van der Waals surface area contributed by atoms with Gasteiger partial charge in [-0.1, -0.05) is 30.3 Å². The molecule has 0 radical (unpaired) electrons. The van der Waals surface area contributed by atoms with Crippen LogP contribution in [0.25, 0.3) is 0 Å². The van der Waals surface area contributed by atoms with Crippen molar-refractivity contribution < 1.29 is 9.47 Å². The maximum absolute atomic E-state index is 5.89. The van der Waals surface area contributed by atoms with Gasteiger partial charge in [-0.25, -0.2) is 4.98 Å². The molecule has 0 aliphatic carbocycles. The summed E-state index contributed by atoms with van der Waals surface area (Å²) in [6, 6.07) is 14.2. The molecule has 2 N–H and O–H groups in total. The number of benzene rings is 1. The molecule has 2 aromatic rings. The van der Waals surface area contributed by atoms with Gasteiger partial charge in [0, 0.05) is 39.0 Å². The molecule has 0 fully saturated rings. The summed E-state index contributed by atoms with van der Waals surface area (Å²) in [5, 5.41) is 6.60. The van der Waals surface area contributed by atoms with Crippen molar-refractivity contribution in [3.63, 3.8) is 0 Å². The molecule has 0 aliphatic heterocycles. The van der Waals surface area contributed by atoms with E-state index in [1.165, 1.54) is 5.56 Å². The van der Waals surface area contributed by atoms with Crippen LogP contribution in [0.2, 0.25) is 0 Å². The van der Waals surface area contributed by atoms with E-state index in [4.69, 9.17) is 9.47 Å². The van der Waals surface area contributed by atoms with Crippen LogP contribution >= 0.6 is 24.0 Å². The first-order valence-electron chi connectivity index (χ1n) is 9.41. The zero-order valence-corrected chi connectivity index (χ0v) is 19.2. The number of hydrogen-bond acceptors (Lipinski definition) is 4. The highest BCUT2D eigenvalue weighted by molar-refractivity contribution is 14.0. The zero-order valence-electron chi connectivity index (χ0n) is 16.9. The third kappa shape index (κ3) is 8.88. The fraction of sp³-hybridized carbons (Fsp3) is 0.429. The number of nitrogens with zero attached hydrogens (tertiary/aromatic N) is 2. The minimum Gasteiger partial charge on any atom is -0.478 e. The second-order valence-corrected chi connectivity index (χ2v) is 6.07.